The summed E-state index contributed by atoms with van der Waals surface area (Å²) < 4.78 is 0. The zero-order valence-electron chi connectivity index (χ0n) is 9.11. The van der Waals surface area contributed by atoms with Gasteiger partial charge in [0, 0.05) is 12.5 Å². The van der Waals surface area contributed by atoms with Crippen LogP contribution in [0.3, 0.4) is 0 Å². The smallest absolute Gasteiger partial charge is 0.221 e. The number of rotatable bonds is 4. The van der Waals surface area contributed by atoms with E-state index in [1.54, 1.807) is 0 Å². The normalized spacial score (nSPS) is 24.7. The maximum Gasteiger partial charge on any atom is 0.221 e. The second-order valence-corrected chi connectivity index (χ2v) is 4.68. The van der Waals surface area contributed by atoms with E-state index >= 15 is 0 Å². The molecule has 1 aliphatic rings. The quantitative estimate of drug-likeness (QED) is 0.678. The van der Waals surface area contributed by atoms with Crippen LogP contribution in [0.4, 0.5) is 0 Å². The van der Waals surface area contributed by atoms with Crippen LogP contribution in [0.2, 0.25) is 0 Å². The lowest BCUT2D eigenvalue weighted by Crippen LogP contribution is -2.49. The molecule has 0 aliphatic carbocycles. The molecule has 2 atom stereocenters. The largest absolute Gasteiger partial charge is 0.392 e. The molecule has 1 amide bonds. The Morgan fingerprint density at radius 3 is 2.73 bits per heavy atom. The van der Waals surface area contributed by atoms with Gasteiger partial charge in [-0.25, -0.2) is 0 Å². The second-order valence-electron chi connectivity index (χ2n) is 4.21. The number of likely N-dealkylation sites (tertiary alicyclic amines) is 1. The summed E-state index contributed by atoms with van der Waals surface area (Å²) in [5.41, 5.74) is 10.9. The molecule has 1 aliphatic heterocycles. The van der Waals surface area contributed by atoms with Crippen molar-refractivity contribution in [2.75, 3.05) is 13.1 Å². The van der Waals surface area contributed by atoms with Gasteiger partial charge in [-0.05, 0) is 19.4 Å². The van der Waals surface area contributed by atoms with Gasteiger partial charge in [0.15, 0.2) is 0 Å². The highest BCUT2D eigenvalue weighted by Gasteiger charge is 2.26. The van der Waals surface area contributed by atoms with E-state index in [4.69, 9.17) is 23.7 Å². The first-order chi connectivity index (χ1) is 7.02. The molecule has 0 aromatic rings. The minimum Gasteiger partial charge on any atom is -0.392 e. The molecule has 1 rings (SSSR count). The molecule has 86 valence electrons. The highest BCUT2D eigenvalue weighted by molar-refractivity contribution is 7.80. The fourth-order valence-corrected chi connectivity index (χ4v) is 2.24. The molecule has 0 aromatic heterocycles. The molecule has 1 saturated heterocycles. The third kappa shape index (κ3) is 3.43. The summed E-state index contributed by atoms with van der Waals surface area (Å²) in [5, 5.41) is 0. The molecular formula is C10H19N3OS. The molecule has 0 radical (unpaired) electrons. The average molecular weight is 229 g/mol. The number of hydrogen-bond acceptors (Lipinski definition) is 3. The van der Waals surface area contributed by atoms with E-state index in [-0.39, 0.29) is 17.9 Å². The number of amides is 1. The van der Waals surface area contributed by atoms with Gasteiger partial charge in [0.05, 0.1) is 11.0 Å². The number of nitrogens with zero attached hydrogens (tertiary/aromatic N) is 1. The van der Waals surface area contributed by atoms with Crippen molar-refractivity contribution in [3.05, 3.63) is 0 Å². The Morgan fingerprint density at radius 1 is 1.53 bits per heavy atom. The van der Waals surface area contributed by atoms with Gasteiger partial charge in [0.2, 0.25) is 5.91 Å². The minimum absolute atomic E-state index is 0.139. The van der Waals surface area contributed by atoms with Crippen LogP contribution in [0.25, 0.3) is 0 Å². The van der Waals surface area contributed by atoms with Crippen LogP contribution >= 0.6 is 12.2 Å². The lowest BCUT2D eigenvalue weighted by Gasteiger charge is -2.36. The van der Waals surface area contributed by atoms with Crippen molar-refractivity contribution in [2.45, 2.75) is 32.2 Å². The second kappa shape index (κ2) is 5.42. The fourth-order valence-electron chi connectivity index (χ4n) is 1.97. The summed E-state index contributed by atoms with van der Waals surface area (Å²) in [6.07, 6.45) is 3.30. The number of nitrogens with two attached hydrogens (primary N) is 2. The predicted molar refractivity (Wildman–Crippen MR) is 64.4 cm³/mol. The van der Waals surface area contributed by atoms with E-state index in [1.807, 2.05) is 6.92 Å². The van der Waals surface area contributed by atoms with Gasteiger partial charge in [-0.3, -0.25) is 9.69 Å². The first kappa shape index (κ1) is 12.4. The van der Waals surface area contributed by atoms with Crippen molar-refractivity contribution in [2.24, 2.45) is 17.4 Å². The Kier molecular flexibility index (Phi) is 4.47. The van der Waals surface area contributed by atoms with Gasteiger partial charge in [-0.15, -0.1) is 0 Å². The molecule has 1 fully saturated rings. The third-order valence-electron chi connectivity index (χ3n) is 2.94. The maximum absolute atomic E-state index is 11.0. The van der Waals surface area contributed by atoms with Crippen molar-refractivity contribution in [3.63, 3.8) is 0 Å². The molecule has 5 heteroatoms. The van der Waals surface area contributed by atoms with Gasteiger partial charge >= 0.3 is 0 Å². The Hall–Kier alpha value is -0.680. The molecule has 0 spiro atoms. The van der Waals surface area contributed by atoms with Crippen molar-refractivity contribution in [1.82, 2.24) is 4.90 Å². The van der Waals surface area contributed by atoms with Crippen LogP contribution in [0.15, 0.2) is 0 Å². The van der Waals surface area contributed by atoms with Crippen LogP contribution in [0.5, 0.6) is 0 Å². The molecule has 0 bridgehead atoms. The van der Waals surface area contributed by atoms with Crippen LogP contribution in [0.1, 0.15) is 26.2 Å². The molecule has 0 saturated carbocycles. The fraction of sp³-hybridized carbons (Fsp3) is 0.800. The number of primary amides is 1. The zero-order valence-corrected chi connectivity index (χ0v) is 9.93. The van der Waals surface area contributed by atoms with E-state index in [2.05, 4.69) is 4.90 Å². The van der Waals surface area contributed by atoms with Crippen LogP contribution in [0, 0.1) is 5.92 Å². The summed E-state index contributed by atoms with van der Waals surface area (Å²) in [4.78, 5) is 13.7. The van der Waals surface area contributed by atoms with Crippen molar-refractivity contribution in [1.29, 1.82) is 0 Å². The first-order valence-corrected chi connectivity index (χ1v) is 5.76. The van der Waals surface area contributed by atoms with Crippen LogP contribution in [-0.2, 0) is 4.79 Å². The molecular weight excluding hydrogens is 210 g/mol. The highest BCUT2D eigenvalue weighted by atomic mass is 32.1. The molecule has 1 heterocycles. The number of thiocarbonyl (C=S) groups is 1. The summed E-state index contributed by atoms with van der Waals surface area (Å²) in [6.45, 7) is 3.46. The molecule has 4 nitrogen and oxygen atoms in total. The summed E-state index contributed by atoms with van der Waals surface area (Å²) >= 11 is 5.03. The topological polar surface area (TPSA) is 72.3 Å². The van der Waals surface area contributed by atoms with E-state index in [0.717, 1.165) is 25.8 Å². The first-order valence-electron chi connectivity index (χ1n) is 5.35. The van der Waals surface area contributed by atoms with E-state index < -0.39 is 0 Å². The zero-order chi connectivity index (χ0) is 11.4. The number of carbonyl (C=O) groups excluding carboxylic acids is 1. The Bertz CT molecular complexity index is 257. The summed E-state index contributed by atoms with van der Waals surface area (Å²) in [7, 11) is 0. The van der Waals surface area contributed by atoms with E-state index in [1.165, 1.54) is 0 Å². The Labute approximate surface area is 96.0 Å². The van der Waals surface area contributed by atoms with Crippen molar-refractivity contribution >= 4 is 23.1 Å². The van der Waals surface area contributed by atoms with Crippen LogP contribution < -0.4 is 11.5 Å². The Morgan fingerprint density at radius 2 is 2.20 bits per heavy atom. The molecule has 0 aromatic carbocycles. The van der Waals surface area contributed by atoms with Gasteiger partial charge < -0.3 is 11.5 Å². The van der Waals surface area contributed by atoms with E-state index in [9.17, 15) is 4.79 Å². The van der Waals surface area contributed by atoms with Gasteiger partial charge in [0.1, 0.15) is 0 Å². The molecule has 2 unspecified atom stereocenters. The van der Waals surface area contributed by atoms with Crippen LogP contribution in [-0.4, -0.2) is 34.9 Å². The lowest BCUT2D eigenvalue weighted by molar-refractivity contribution is -0.122. The Balaban J connectivity index is 2.56. The molecule has 4 N–H and O–H groups in total. The van der Waals surface area contributed by atoms with Gasteiger partial charge in [-0.1, -0.05) is 25.6 Å². The maximum atomic E-state index is 11.0. The van der Waals surface area contributed by atoms with E-state index in [0.29, 0.717) is 11.5 Å². The lowest BCUT2D eigenvalue weighted by atomic mass is 10.00. The van der Waals surface area contributed by atoms with Crippen molar-refractivity contribution < 1.29 is 4.79 Å². The minimum atomic E-state index is -0.262. The number of hydrogen-bond donors (Lipinski definition) is 2. The number of piperidine rings is 1. The SMILES string of the molecule is CC(CN1CCCCC1C(N)=S)C(N)=O. The van der Waals surface area contributed by atoms with Gasteiger partial charge in [-0.2, -0.15) is 0 Å². The molecule has 15 heavy (non-hydrogen) atoms. The third-order valence-corrected chi connectivity index (χ3v) is 3.21. The van der Waals surface area contributed by atoms with Crippen molar-refractivity contribution in [3.8, 4) is 0 Å². The predicted octanol–water partition coefficient (Wildman–Crippen LogP) is 0.248. The average Bonchev–Trinajstić information content (AvgIpc) is 2.18. The monoisotopic (exact) mass is 229 g/mol. The number of carbonyl (C=O) groups is 1. The van der Waals surface area contributed by atoms with Gasteiger partial charge in [0.25, 0.3) is 0 Å². The standard InChI is InChI=1S/C10H19N3OS/c1-7(9(11)14)6-13-5-3-2-4-8(13)10(12)15/h7-8H,2-6H2,1H3,(H2,11,14)(H2,12,15). The summed E-state index contributed by atoms with van der Waals surface area (Å²) in [5.74, 6) is -0.401. The highest BCUT2D eigenvalue weighted by Crippen LogP contribution is 2.18. The summed E-state index contributed by atoms with van der Waals surface area (Å²) in [6, 6.07) is 0.149.